The molecule has 9 nitrogen and oxygen atoms in total. The van der Waals surface area contributed by atoms with Crippen molar-refractivity contribution >= 4 is 5.91 Å². The standard InChI is InChI=1S/C15H19N5O4/c1-18(7-6-11-16-13(24-17-11)9-4-5-9)14(22)10-8-12(21)20(3)15(23)19(10)2/h8-9H,4-7H2,1-3H3. The molecule has 9 heteroatoms. The van der Waals surface area contributed by atoms with Crippen LogP contribution in [0.1, 0.15) is 41.0 Å². The highest BCUT2D eigenvalue weighted by Crippen LogP contribution is 2.38. The zero-order chi connectivity index (χ0) is 17.4. The van der Waals surface area contributed by atoms with E-state index in [9.17, 15) is 14.4 Å². The number of amides is 1. The molecule has 1 fully saturated rings. The van der Waals surface area contributed by atoms with Gasteiger partial charge in [0.1, 0.15) is 5.69 Å². The fraction of sp³-hybridized carbons (Fsp3) is 0.533. The van der Waals surface area contributed by atoms with E-state index in [1.54, 1.807) is 7.05 Å². The summed E-state index contributed by atoms with van der Waals surface area (Å²) in [7, 11) is 4.44. The molecule has 0 bridgehead atoms. The van der Waals surface area contributed by atoms with Crippen LogP contribution in [-0.4, -0.2) is 43.7 Å². The van der Waals surface area contributed by atoms with Crippen LogP contribution in [0.25, 0.3) is 0 Å². The summed E-state index contributed by atoms with van der Waals surface area (Å²) >= 11 is 0. The van der Waals surface area contributed by atoms with Crippen molar-refractivity contribution in [3.05, 3.63) is 44.3 Å². The molecule has 2 heterocycles. The molecule has 1 amide bonds. The Balaban J connectivity index is 1.70. The van der Waals surface area contributed by atoms with E-state index in [1.165, 1.54) is 29.6 Å². The molecule has 2 aromatic rings. The van der Waals surface area contributed by atoms with Gasteiger partial charge in [-0.1, -0.05) is 5.16 Å². The number of likely N-dealkylation sites (N-methyl/N-ethyl adjacent to an activating group) is 1. The summed E-state index contributed by atoms with van der Waals surface area (Å²) in [5, 5.41) is 3.91. The third-order valence-corrected chi connectivity index (χ3v) is 4.17. The fourth-order valence-corrected chi connectivity index (χ4v) is 2.37. The first-order valence-corrected chi connectivity index (χ1v) is 7.73. The minimum atomic E-state index is -0.536. The van der Waals surface area contributed by atoms with Crippen molar-refractivity contribution in [2.75, 3.05) is 13.6 Å². The largest absolute Gasteiger partial charge is 0.340 e. The molecule has 0 saturated heterocycles. The maximum Gasteiger partial charge on any atom is 0.331 e. The van der Waals surface area contributed by atoms with Crippen LogP contribution in [0.15, 0.2) is 20.2 Å². The number of hydrogen-bond donors (Lipinski definition) is 0. The summed E-state index contributed by atoms with van der Waals surface area (Å²) in [4.78, 5) is 41.9. The zero-order valence-electron chi connectivity index (χ0n) is 13.9. The molecule has 2 aromatic heterocycles. The van der Waals surface area contributed by atoms with E-state index in [1.807, 2.05) is 0 Å². The van der Waals surface area contributed by atoms with Gasteiger partial charge in [0.25, 0.3) is 11.5 Å². The van der Waals surface area contributed by atoms with Gasteiger partial charge in [-0.15, -0.1) is 0 Å². The van der Waals surface area contributed by atoms with E-state index in [4.69, 9.17) is 4.52 Å². The summed E-state index contributed by atoms with van der Waals surface area (Å²) in [5.41, 5.74) is -0.994. The highest BCUT2D eigenvalue weighted by atomic mass is 16.5. The third kappa shape index (κ3) is 3.01. The Labute approximate surface area is 137 Å². The average Bonchev–Trinajstić information content (AvgIpc) is 3.32. The van der Waals surface area contributed by atoms with Crippen LogP contribution in [-0.2, 0) is 20.5 Å². The SMILES string of the molecule is CN(CCc1noc(C2CC2)n1)C(=O)c1cc(=O)n(C)c(=O)n1C. The number of carbonyl (C=O) groups is 1. The number of hydrogen-bond acceptors (Lipinski definition) is 6. The van der Waals surface area contributed by atoms with Gasteiger partial charge in [0.05, 0.1) is 0 Å². The monoisotopic (exact) mass is 333 g/mol. The molecule has 1 aliphatic carbocycles. The van der Waals surface area contributed by atoms with Gasteiger partial charge >= 0.3 is 5.69 Å². The van der Waals surface area contributed by atoms with E-state index in [0.717, 1.165) is 17.4 Å². The van der Waals surface area contributed by atoms with E-state index in [-0.39, 0.29) is 5.69 Å². The minimum absolute atomic E-state index is 0.0531. The molecule has 24 heavy (non-hydrogen) atoms. The average molecular weight is 333 g/mol. The molecule has 1 aliphatic rings. The molecule has 1 saturated carbocycles. The summed E-state index contributed by atoms with van der Waals surface area (Å²) in [6.07, 6.45) is 2.60. The van der Waals surface area contributed by atoms with Crippen molar-refractivity contribution in [3.63, 3.8) is 0 Å². The van der Waals surface area contributed by atoms with Gasteiger partial charge in [-0.25, -0.2) is 4.79 Å². The van der Waals surface area contributed by atoms with Gasteiger partial charge in [0.15, 0.2) is 5.82 Å². The molecule has 0 atom stereocenters. The number of aromatic nitrogens is 4. The Morgan fingerprint density at radius 2 is 2.04 bits per heavy atom. The normalized spacial score (nSPS) is 14.0. The minimum Gasteiger partial charge on any atom is -0.340 e. The number of carbonyl (C=O) groups excluding carboxylic acids is 1. The van der Waals surface area contributed by atoms with Gasteiger partial charge < -0.3 is 9.42 Å². The van der Waals surface area contributed by atoms with E-state index >= 15 is 0 Å². The maximum atomic E-state index is 12.5. The van der Waals surface area contributed by atoms with Crippen molar-refractivity contribution in [1.82, 2.24) is 24.2 Å². The van der Waals surface area contributed by atoms with E-state index in [2.05, 4.69) is 10.1 Å². The molecule has 0 aliphatic heterocycles. The number of nitrogens with zero attached hydrogens (tertiary/aromatic N) is 5. The Bertz CT molecular complexity index is 890. The summed E-state index contributed by atoms with van der Waals surface area (Å²) in [5.74, 6) is 1.20. The van der Waals surface area contributed by atoms with Gasteiger partial charge in [0, 0.05) is 46.1 Å². The van der Waals surface area contributed by atoms with Crippen LogP contribution in [0.3, 0.4) is 0 Å². The van der Waals surface area contributed by atoms with Crippen molar-refractivity contribution < 1.29 is 9.32 Å². The van der Waals surface area contributed by atoms with Crippen molar-refractivity contribution in [2.24, 2.45) is 14.1 Å². The van der Waals surface area contributed by atoms with Gasteiger partial charge in [0.2, 0.25) is 5.89 Å². The highest BCUT2D eigenvalue weighted by Gasteiger charge is 2.29. The first-order valence-electron chi connectivity index (χ1n) is 7.73. The second-order valence-corrected chi connectivity index (χ2v) is 6.07. The van der Waals surface area contributed by atoms with Crippen molar-refractivity contribution in [2.45, 2.75) is 25.2 Å². The molecular formula is C15H19N5O4. The van der Waals surface area contributed by atoms with E-state index in [0.29, 0.717) is 30.6 Å². The summed E-state index contributed by atoms with van der Waals surface area (Å²) in [6.45, 7) is 0.353. The molecule has 3 rings (SSSR count). The van der Waals surface area contributed by atoms with Crippen LogP contribution in [0.5, 0.6) is 0 Å². The van der Waals surface area contributed by atoms with Crippen molar-refractivity contribution in [1.29, 1.82) is 0 Å². The van der Waals surface area contributed by atoms with Gasteiger partial charge in [-0.05, 0) is 12.8 Å². The van der Waals surface area contributed by atoms with Crippen LogP contribution in [0.4, 0.5) is 0 Å². The third-order valence-electron chi connectivity index (χ3n) is 4.17. The lowest BCUT2D eigenvalue weighted by Gasteiger charge is -2.18. The lowest BCUT2D eigenvalue weighted by molar-refractivity contribution is 0.0784. The van der Waals surface area contributed by atoms with Crippen LogP contribution < -0.4 is 11.2 Å². The smallest absolute Gasteiger partial charge is 0.331 e. The Hall–Kier alpha value is -2.71. The van der Waals surface area contributed by atoms with Crippen LogP contribution in [0.2, 0.25) is 0 Å². The fourth-order valence-electron chi connectivity index (χ4n) is 2.37. The summed E-state index contributed by atoms with van der Waals surface area (Å²) < 4.78 is 7.30. The molecule has 0 N–H and O–H groups in total. The quantitative estimate of drug-likeness (QED) is 0.741. The summed E-state index contributed by atoms with van der Waals surface area (Å²) in [6, 6.07) is 1.17. The predicted molar refractivity (Wildman–Crippen MR) is 83.9 cm³/mol. The molecule has 0 unspecified atom stereocenters. The molecule has 0 aromatic carbocycles. The van der Waals surface area contributed by atoms with Crippen LogP contribution >= 0.6 is 0 Å². The molecular weight excluding hydrogens is 314 g/mol. The van der Waals surface area contributed by atoms with Crippen LogP contribution in [0, 0.1) is 0 Å². The molecule has 0 radical (unpaired) electrons. The highest BCUT2D eigenvalue weighted by molar-refractivity contribution is 5.92. The first kappa shape index (κ1) is 16.2. The maximum absolute atomic E-state index is 12.5. The molecule has 0 spiro atoms. The van der Waals surface area contributed by atoms with Crippen molar-refractivity contribution in [3.8, 4) is 0 Å². The lowest BCUT2D eigenvalue weighted by atomic mass is 10.3. The molecule has 128 valence electrons. The zero-order valence-corrected chi connectivity index (χ0v) is 13.9. The number of rotatable bonds is 5. The Morgan fingerprint density at radius 3 is 2.71 bits per heavy atom. The lowest BCUT2D eigenvalue weighted by Crippen LogP contribution is -2.41. The topological polar surface area (TPSA) is 103 Å². The van der Waals surface area contributed by atoms with Gasteiger partial charge in [-0.2, -0.15) is 4.98 Å². The van der Waals surface area contributed by atoms with E-state index < -0.39 is 17.2 Å². The second-order valence-electron chi connectivity index (χ2n) is 6.07. The first-order chi connectivity index (χ1) is 11.4. The second kappa shape index (κ2) is 6.06. The Kier molecular flexibility index (Phi) is 4.08. The Morgan fingerprint density at radius 1 is 1.33 bits per heavy atom. The van der Waals surface area contributed by atoms with Gasteiger partial charge in [-0.3, -0.25) is 18.7 Å². The predicted octanol–water partition coefficient (Wildman–Crippen LogP) is -0.341.